The molecule has 1 fully saturated rings. The van der Waals surface area contributed by atoms with Crippen molar-refractivity contribution < 1.29 is 22.9 Å². The van der Waals surface area contributed by atoms with Crippen LogP contribution in [-0.4, -0.2) is 41.4 Å². The average molecular weight is 450 g/mol. The van der Waals surface area contributed by atoms with Crippen molar-refractivity contribution in [2.45, 2.75) is 38.9 Å². The Morgan fingerprint density at radius 2 is 1.88 bits per heavy atom. The largest absolute Gasteiger partial charge is 0.498 e. The summed E-state index contributed by atoms with van der Waals surface area (Å²) in [7, 11) is -0.847. The lowest BCUT2D eigenvalue weighted by molar-refractivity contribution is 0.00578. The predicted molar refractivity (Wildman–Crippen MR) is 125 cm³/mol. The summed E-state index contributed by atoms with van der Waals surface area (Å²) in [5, 5.41) is 4.03. The van der Waals surface area contributed by atoms with Gasteiger partial charge < -0.3 is 34.5 Å². The number of hydrogen-bond acceptors (Lipinski definition) is 7. The fourth-order valence-corrected chi connectivity index (χ4v) is 4.42. The SMILES string of the molecule is CC1(C)OB(c2cc3c4c(c(-c5ccc6oc(N)nc6c5)[nH]c4c2F)NCCO3)OC1(C)C. The number of nitrogens with zero attached hydrogens (tertiary/aromatic N) is 1. The van der Waals surface area contributed by atoms with Crippen LogP contribution < -0.4 is 21.3 Å². The Morgan fingerprint density at radius 1 is 1.12 bits per heavy atom. The summed E-state index contributed by atoms with van der Waals surface area (Å²) in [5.74, 6) is 0.143. The van der Waals surface area contributed by atoms with Gasteiger partial charge in [-0.1, -0.05) is 0 Å². The van der Waals surface area contributed by atoms with Crippen molar-refractivity contribution in [3.05, 3.63) is 30.1 Å². The zero-order valence-corrected chi connectivity index (χ0v) is 18.8. The van der Waals surface area contributed by atoms with Gasteiger partial charge in [0.2, 0.25) is 0 Å². The third kappa shape index (κ3) is 2.94. The monoisotopic (exact) mass is 450 g/mol. The number of nitrogens with two attached hydrogens (primary N) is 1. The van der Waals surface area contributed by atoms with Crippen LogP contribution in [0.2, 0.25) is 0 Å². The molecule has 0 amide bonds. The van der Waals surface area contributed by atoms with Crippen LogP contribution in [0.3, 0.4) is 0 Å². The number of anilines is 2. The molecular weight excluding hydrogens is 426 g/mol. The molecule has 170 valence electrons. The van der Waals surface area contributed by atoms with Crippen molar-refractivity contribution >= 4 is 46.3 Å². The number of rotatable bonds is 2. The summed E-state index contributed by atoms with van der Waals surface area (Å²) in [4.78, 5) is 7.48. The van der Waals surface area contributed by atoms with Crippen LogP contribution in [0.5, 0.6) is 5.75 Å². The summed E-state index contributed by atoms with van der Waals surface area (Å²) in [6, 6.07) is 7.33. The normalized spacial score (nSPS) is 19.0. The second-order valence-electron chi connectivity index (χ2n) is 9.50. The Morgan fingerprint density at radius 3 is 2.64 bits per heavy atom. The van der Waals surface area contributed by atoms with Gasteiger partial charge in [0.25, 0.3) is 6.01 Å². The Balaban J connectivity index is 1.55. The molecule has 4 aromatic rings. The van der Waals surface area contributed by atoms with Gasteiger partial charge >= 0.3 is 7.12 Å². The lowest BCUT2D eigenvalue weighted by Crippen LogP contribution is -2.41. The molecule has 0 atom stereocenters. The van der Waals surface area contributed by atoms with Crippen LogP contribution in [0.1, 0.15) is 27.7 Å². The molecule has 1 saturated heterocycles. The minimum Gasteiger partial charge on any atom is -0.491 e. The molecule has 0 aliphatic carbocycles. The molecule has 2 aliphatic heterocycles. The minimum absolute atomic E-state index is 0.101. The van der Waals surface area contributed by atoms with E-state index in [4.69, 9.17) is 24.2 Å². The number of benzene rings is 2. The molecule has 0 bridgehead atoms. The van der Waals surface area contributed by atoms with Gasteiger partial charge in [0.15, 0.2) is 5.58 Å². The topological polar surface area (TPSA) is 108 Å². The van der Waals surface area contributed by atoms with Crippen LogP contribution in [-0.2, 0) is 9.31 Å². The van der Waals surface area contributed by atoms with Gasteiger partial charge in [0, 0.05) is 17.6 Å². The lowest BCUT2D eigenvalue weighted by Gasteiger charge is -2.32. The maximum Gasteiger partial charge on any atom is 0.498 e. The van der Waals surface area contributed by atoms with Gasteiger partial charge in [-0.15, -0.1) is 0 Å². The highest BCUT2D eigenvalue weighted by atomic mass is 19.1. The first-order valence-electron chi connectivity index (χ1n) is 10.9. The van der Waals surface area contributed by atoms with Crippen molar-refractivity contribution in [1.29, 1.82) is 0 Å². The fraction of sp³-hybridized carbons (Fsp3) is 0.348. The number of halogens is 1. The van der Waals surface area contributed by atoms with Crippen molar-refractivity contribution in [2.24, 2.45) is 0 Å². The second kappa shape index (κ2) is 6.65. The average Bonchev–Trinajstić information content (AvgIpc) is 3.31. The van der Waals surface area contributed by atoms with E-state index >= 15 is 4.39 Å². The number of nitrogen functional groups attached to an aromatic ring is 1. The van der Waals surface area contributed by atoms with Crippen molar-refractivity contribution in [2.75, 3.05) is 24.2 Å². The molecule has 4 heterocycles. The van der Waals surface area contributed by atoms with Crippen molar-refractivity contribution in [3.63, 3.8) is 0 Å². The van der Waals surface area contributed by atoms with Crippen LogP contribution >= 0.6 is 0 Å². The zero-order chi connectivity index (χ0) is 23.1. The van der Waals surface area contributed by atoms with E-state index in [1.54, 1.807) is 12.1 Å². The van der Waals surface area contributed by atoms with Crippen LogP contribution in [0.25, 0.3) is 33.3 Å². The van der Waals surface area contributed by atoms with Gasteiger partial charge in [-0.25, -0.2) is 4.39 Å². The van der Waals surface area contributed by atoms with Crippen molar-refractivity contribution in [3.8, 4) is 17.0 Å². The van der Waals surface area contributed by atoms with E-state index in [-0.39, 0.29) is 6.01 Å². The Hall–Kier alpha value is -3.24. The third-order valence-corrected chi connectivity index (χ3v) is 6.87. The first-order chi connectivity index (χ1) is 15.6. The molecule has 33 heavy (non-hydrogen) atoms. The number of H-pyrrole nitrogens is 1. The Kier molecular flexibility index (Phi) is 4.10. The highest BCUT2D eigenvalue weighted by molar-refractivity contribution is 6.62. The van der Waals surface area contributed by atoms with Gasteiger partial charge in [0.1, 0.15) is 23.7 Å². The van der Waals surface area contributed by atoms with E-state index in [0.717, 1.165) is 16.9 Å². The highest BCUT2D eigenvalue weighted by Gasteiger charge is 2.53. The third-order valence-electron chi connectivity index (χ3n) is 6.87. The Labute approximate surface area is 189 Å². The summed E-state index contributed by atoms with van der Waals surface area (Å²) in [5.41, 5.74) is 8.68. The first kappa shape index (κ1) is 20.4. The first-order valence-corrected chi connectivity index (χ1v) is 10.9. The quantitative estimate of drug-likeness (QED) is 0.399. The summed E-state index contributed by atoms with van der Waals surface area (Å²) in [6.45, 7) is 8.78. The smallest absolute Gasteiger partial charge is 0.491 e. The van der Waals surface area contributed by atoms with Crippen molar-refractivity contribution in [1.82, 2.24) is 9.97 Å². The minimum atomic E-state index is -0.847. The van der Waals surface area contributed by atoms with Crippen LogP contribution in [0, 0.1) is 5.82 Å². The molecule has 4 N–H and O–H groups in total. The molecule has 2 aliphatic rings. The number of hydrogen-bond donors (Lipinski definition) is 3. The van der Waals surface area contributed by atoms with Gasteiger partial charge in [-0.05, 0) is 52.0 Å². The summed E-state index contributed by atoms with van der Waals surface area (Å²) < 4.78 is 39.6. The number of ether oxygens (including phenoxy) is 1. The molecule has 2 aromatic carbocycles. The lowest BCUT2D eigenvalue weighted by atomic mass is 9.78. The van der Waals surface area contributed by atoms with E-state index in [0.29, 0.717) is 46.4 Å². The van der Waals surface area contributed by atoms with Gasteiger partial charge in [0.05, 0.1) is 33.5 Å². The number of nitrogens with one attached hydrogen (secondary N) is 2. The van der Waals surface area contributed by atoms with E-state index < -0.39 is 24.1 Å². The zero-order valence-electron chi connectivity index (χ0n) is 18.8. The van der Waals surface area contributed by atoms with E-state index in [9.17, 15) is 0 Å². The summed E-state index contributed by atoms with van der Waals surface area (Å²) >= 11 is 0. The molecule has 0 unspecified atom stereocenters. The molecule has 0 saturated carbocycles. The molecule has 6 rings (SSSR count). The summed E-state index contributed by atoms with van der Waals surface area (Å²) in [6.07, 6.45) is 0. The van der Waals surface area contributed by atoms with E-state index in [1.165, 1.54) is 0 Å². The standard InChI is InChI=1S/C23H24BFN4O4/c1-22(2)23(3,4)33-24(32-22)12-10-15-16-19(17(12)25)29-18(20(16)27-7-8-30-15)11-5-6-14-13(9-11)28-21(26)31-14/h5-6,9-10,27,29H,7-8H2,1-4H3,(H2,26,28). The van der Waals surface area contributed by atoms with E-state index in [2.05, 4.69) is 15.3 Å². The van der Waals surface area contributed by atoms with Crippen LogP contribution in [0.15, 0.2) is 28.7 Å². The number of aromatic nitrogens is 2. The van der Waals surface area contributed by atoms with E-state index in [1.807, 2.05) is 39.8 Å². The van der Waals surface area contributed by atoms with Crippen LogP contribution in [0.4, 0.5) is 16.1 Å². The number of oxazole rings is 1. The Bertz CT molecular complexity index is 1410. The highest BCUT2D eigenvalue weighted by Crippen LogP contribution is 2.43. The molecular formula is C23H24BFN4O4. The maximum absolute atomic E-state index is 15.9. The number of fused-ring (bicyclic) bond motifs is 1. The van der Waals surface area contributed by atoms with Gasteiger partial charge in [-0.3, -0.25) is 0 Å². The number of aromatic amines is 1. The molecule has 10 heteroatoms. The second-order valence-corrected chi connectivity index (χ2v) is 9.50. The fourth-order valence-electron chi connectivity index (χ4n) is 4.42. The predicted octanol–water partition coefficient (Wildman–Crippen LogP) is 3.80. The molecule has 8 nitrogen and oxygen atoms in total. The van der Waals surface area contributed by atoms with Gasteiger partial charge in [-0.2, -0.15) is 4.98 Å². The molecule has 0 radical (unpaired) electrons. The molecule has 2 aromatic heterocycles. The maximum atomic E-state index is 15.9. The molecule has 0 spiro atoms.